The van der Waals surface area contributed by atoms with Gasteiger partial charge < -0.3 is 15.0 Å². The number of guanidine groups is 1. The van der Waals surface area contributed by atoms with Crippen molar-refractivity contribution in [2.75, 3.05) is 33.9 Å². The Morgan fingerprint density at radius 3 is 2.75 bits per heavy atom. The highest BCUT2D eigenvalue weighted by Crippen LogP contribution is 2.05. The van der Waals surface area contributed by atoms with Gasteiger partial charge in [0.25, 0.3) is 0 Å². The van der Waals surface area contributed by atoms with E-state index < -0.39 is 0 Å². The van der Waals surface area contributed by atoms with Crippen LogP contribution < -0.4 is 5.32 Å². The van der Waals surface area contributed by atoms with E-state index in [9.17, 15) is 0 Å². The van der Waals surface area contributed by atoms with Gasteiger partial charge in [-0.1, -0.05) is 36.4 Å². The van der Waals surface area contributed by atoms with Crippen LogP contribution >= 0.6 is 0 Å². The van der Waals surface area contributed by atoms with Gasteiger partial charge in [0.15, 0.2) is 5.96 Å². The maximum Gasteiger partial charge on any atom is 0.193 e. The predicted molar refractivity (Wildman–Crippen MR) is 82.8 cm³/mol. The Labute approximate surface area is 121 Å². The molecular weight excluding hydrogens is 250 g/mol. The van der Waals surface area contributed by atoms with Crippen LogP contribution in [0.5, 0.6) is 0 Å². The minimum absolute atomic E-state index is 0.691. The zero-order valence-corrected chi connectivity index (χ0v) is 12.3. The number of hydrogen-bond donors (Lipinski definition) is 1. The Bertz CT molecular complexity index is 466. The van der Waals surface area contributed by atoms with Gasteiger partial charge in [0.2, 0.25) is 0 Å². The summed E-state index contributed by atoms with van der Waals surface area (Å²) >= 11 is 0. The summed E-state index contributed by atoms with van der Waals surface area (Å²) < 4.78 is 5.44. The summed E-state index contributed by atoms with van der Waals surface area (Å²) in [6, 6.07) is 10.3. The Balaban J connectivity index is 1.91. The molecule has 0 unspecified atom stereocenters. The fraction of sp³-hybridized carbons (Fsp3) is 0.438. The van der Waals surface area contributed by atoms with E-state index in [0.29, 0.717) is 6.54 Å². The molecule has 0 amide bonds. The molecule has 4 heteroatoms. The van der Waals surface area contributed by atoms with Crippen LogP contribution in [0.4, 0.5) is 0 Å². The molecule has 1 aromatic rings. The van der Waals surface area contributed by atoms with Gasteiger partial charge in [0, 0.05) is 20.6 Å². The molecule has 0 aromatic heterocycles. The van der Waals surface area contributed by atoms with Crippen LogP contribution in [-0.2, 0) is 11.3 Å². The summed E-state index contributed by atoms with van der Waals surface area (Å²) in [7, 11) is 4.01. The lowest BCUT2D eigenvalue weighted by Gasteiger charge is -2.20. The molecule has 2 rings (SSSR count). The number of rotatable bonds is 4. The SMILES string of the molecule is CN(C)C(=NCc1ccccc1)NCC1=CCCOC1. The first-order valence-electron chi connectivity index (χ1n) is 7.01. The molecule has 1 N–H and O–H groups in total. The molecule has 0 saturated carbocycles. The fourth-order valence-electron chi connectivity index (χ4n) is 2.03. The lowest BCUT2D eigenvalue weighted by atomic mass is 10.2. The Morgan fingerprint density at radius 2 is 2.10 bits per heavy atom. The van der Waals surface area contributed by atoms with E-state index in [1.54, 1.807) is 0 Å². The largest absolute Gasteiger partial charge is 0.377 e. The minimum Gasteiger partial charge on any atom is -0.377 e. The van der Waals surface area contributed by atoms with E-state index in [2.05, 4.69) is 28.5 Å². The molecule has 1 aliphatic heterocycles. The van der Waals surface area contributed by atoms with Crippen molar-refractivity contribution < 1.29 is 4.74 Å². The maximum atomic E-state index is 5.44. The highest BCUT2D eigenvalue weighted by atomic mass is 16.5. The van der Waals surface area contributed by atoms with Gasteiger partial charge >= 0.3 is 0 Å². The summed E-state index contributed by atoms with van der Waals surface area (Å²) in [6.07, 6.45) is 3.26. The first-order valence-corrected chi connectivity index (χ1v) is 7.01. The first-order chi connectivity index (χ1) is 9.75. The van der Waals surface area contributed by atoms with Crippen LogP contribution in [0.3, 0.4) is 0 Å². The monoisotopic (exact) mass is 273 g/mol. The van der Waals surface area contributed by atoms with Gasteiger partial charge in [0.05, 0.1) is 19.8 Å². The van der Waals surface area contributed by atoms with E-state index in [4.69, 9.17) is 4.74 Å². The molecule has 0 aliphatic carbocycles. The smallest absolute Gasteiger partial charge is 0.193 e. The van der Waals surface area contributed by atoms with Crippen molar-refractivity contribution in [1.29, 1.82) is 0 Å². The third kappa shape index (κ3) is 4.70. The number of benzene rings is 1. The molecule has 108 valence electrons. The molecule has 0 bridgehead atoms. The quantitative estimate of drug-likeness (QED) is 0.518. The number of hydrogen-bond acceptors (Lipinski definition) is 2. The number of aliphatic imine (C=N–C) groups is 1. The Kier molecular flexibility index (Phi) is 5.62. The molecule has 0 fully saturated rings. The van der Waals surface area contributed by atoms with Crippen LogP contribution in [0, 0.1) is 0 Å². The lowest BCUT2D eigenvalue weighted by Crippen LogP contribution is -2.38. The van der Waals surface area contributed by atoms with Crippen LogP contribution in [0.15, 0.2) is 47.0 Å². The summed E-state index contributed by atoms with van der Waals surface area (Å²) in [5, 5.41) is 3.39. The third-order valence-electron chi connectivity index (χ3n) is 3.13. The summed E-state index contributed by atoms with van der Waals surface area (Å²) in [5.41, 5.74) is 2.51. The molecule has 4 nitrogen and oxygen atoms in total. The van der Waals surface area contributed by atoms with E-state index >= 15 is 0 Å². The number of ether oxygens (including phenoxy) is 1. The van der Waals surface area contributed by atoms with E-state index in [-0.39, 0.29) is 0 Å². The van der Waals surface area contributed by atoms with Gasteiger partial charge in [-0.15, -0.1) is 0 Å². The van der Waals surface area contributed by atoms with Gasteiger partial charge in [-0.25, -0.2) is 4.99 Å². The van der Waals surface area contributed by atoms with Crippen molar-refractivity contribution in [3.05, 3.63) is 47.5 Å². The van der Waals surface area contributed by atoms with E-state index in [1.165, 1.54) is 11.1 Å². The van der Waals surface area contributed by atoms with Crippen molar-refractivity contribution in [2.24, 2.45) is 4.99 Å². The number of nitrogens with one attached hydrogen (secondary N) is 1. The van der Waals surface area contributed by atoms with Crippen molar-refractivity contribution in [3.63, 3.8) is 0 Å². The molecule has 1 heterocycles. The van der Waals surface area contributed by atoms with Crippen molar-refractivity contribution in [3.8, 4) is 0 Å². The average Bonchev–Trinajstić information content (AvgIpc) is 2.49. The maximum absolute atomic E-state index is 5.44. The van der Waals surface area contributed by atoms with E-state index in [0.717, 1.165) is 32.1 Å². The second kappa shape index (κ2) is 7.70. The summed E-state index contributed by atoms with van der Waals surface area (Å²) in [6.45, 7) is 3.06. The molecule has 0 atom stereocenters. The molecule has 1 aliphatic rings. The van der Waals surface area contributed by atoms with Crippen molar-refractivity contribution >= 4 is 5.96 Å². The van der Waals surface area contributed by atoms with Gasteiger partial charge in [-0.3, -0.25) is 0 Å². The van der Waals surface area contributed by atoms with Crippen LogP contribution in [0.2, 0.25) is 0 Å². The Morgan fingerprint density at radius 1 is 1.30 bits per heavy atom. The molecular formula is C16H23N3O. The average molecular weight is 273 g/mol. The minimum atomic E-state index is 0.691. The third-order valence-corrected chi connectivity index (χ3v) is 3.13. The molecule has 20 heavy (non-hydrogen) atoms. The number of nitrogens with zero attached hydrogens (tertiary/aromatic N) is 2. The zero-order chi connectivity index (χ0) is 14.2. The Hall–Kier alpha value is -1.81. The molecule has 0 radical (unpaired) electrons. The lowest BCUT2D eigenvalue weighted by molar-refractivity contribution is 0.149. The normalized spacial score (nSPS) is 15.7. The molecule has 1 aromatic carbocycles. The van der Waals surface area contributed by atoms with Crippen LogP contribution in [-0.4, -0.2) is 44.7 Å². The second-order valence-corrected chi connectivity index (χ2v) is 5.08. The van der Waals surface area contributed by atoms with Gasteiger partial charge in [-0.05, 0) is 17.6 Å². The van der Waals surface area contributed by atoms with E-state index in [1.807, 2.05) is 37.2 Å². The highest BCUT2D eigenvalue weighted by Gasteiger charge is 2.06. The first kappa shape index (κ1) is 14.6. The molecule has 0 spiro atoms. The summed E-state index contributed by atoms with van der Waals surface area (Å²) in [4.78, 5) is 6.65. The molecule has 0 saturated heterocycles. The second-order valence-electron chi connectivity index (χ2n) is 5.08. The van der Waals surface area contributed by atoms with Gasteiger partial charge in [-0.2, -0.15) is 0 Å². The highest BCUT2D eigenvalue weighted by molar-refractivity contribution is 5.79. The van der Waals surface area contributed by atoms with Crippen LogP contribution in [0.25, 0.3) is 0 Å². The predicted octanol–water partition coefficient (Wildman–Crippen LogP) is 2.04. The topological polar surface area (TPSA) is 36.9 Å². The van der Waals surface area contributed by atoms with Crippen molar-refractivity contribution in [2.45, 2.75) is 13.0 Å². The van der Waals surface area contributed by atoms with Crippen molar-refractivity contribution in [1.82, 2.24) is 10.2 Å². The standard InChI is InChI=1S/C16H23N3O/c1-19(2)16(17-11-14-7-4-3-5-8-14)18-12-15-9-6-10-20-13-15/h3-5,7-9H,6,10-13H2,1-2H3,(H,17,18). The fourth-order valence-corrected chi connectivity index (χ4v) is 2.03. The summed E-state index contributed by atoms with van der Waals surface area (Å²) in [5.74, 6) is 0.903. The van der Waals surface area contributed by atoms with Crippen LogP contribution in [0.1, 0.15) is 12.0 Å². The van der Waals surface area contributed by atoms with Gasteiger partial charge in [0.1, 0.15) is 0 Å². The zero-order valence-electron chi connectivity index (χ0n) is 12.3.